The molecule has 0 unspecified atom stereocenters. The second-order valence-corrected chi connectivity index (χ2v) is 7.00. The van der Waals surface area contributed by atoms with E-state index in [0.717, 1.165) is 25.8 Å². The van der Waals surface area contributed by atoms with E-state index in [1.165, 1.54) is 37.5 Å². The topological polar surface area (TPSA) is 80.4 Å². The predicted octanol–water partition coefficient (Wildman–Crippen LogP) is 3.09. The molecule has 0 bridgehead atoms. The van der Waals surface area contributed by atoms with Crippen LogP contribution in [0.5, 0.6) is 0 Å². The molecule has 0 radical (unpaired) electrons. The molecule has 26 heavy (non-hydrogen) atoms. The number of hydrogen-bond donors (Lipinski definition) is 3. The minimum absolute atomic E-state index is 0.106. The van der Waals surface area contributed by atoms with Gasteiger partial charge in [-0.15, -0.1) is 0 Å². The first kappa shape index (κ1) is 20.2. The van der Waals surface area contributed by atoms with Crippen LogP contribution in [-0.2, 0) is 6.54 Å². The molecule has 6 heteroatoms. The summed E-state index contributed by atoms with van der Waals surface area (Å²) >= 11 is 0. The van der Waals surface area contributed by atoms with E-state index in [2.05, 4.69) is 15.6 Å². The van der Waals surface area contributed by atoms with Crippen molar-refractivity contribution in [2.45, 2.75) is 52.0 Å². The van der Waals surface area contributed by atoms with Gasteiger partial charge in [0.2, 0.25) is 0 Å². The van der Waals surface area contributed by atoms with Gasteiger partial charge >= 0.3 is 0 Å². The SMILES string of the molecule is CCNC(=NCc1cc(C#N)ccc1F)NCC1(CCO)CCCCC1. The van der Waals surface area contributed by atoms with E-state index in [1.807, 2.05) is 13.0 Å². The Bertz CT molecular complexity index is 642. The summed E-state index contributed by atoms with van der Waals surface area (Å²) in [6, 6.07) is 6.34. The van der Waals surface area contributed by atoms with Crippen LogP contribution in [0.4, 0.5) is 4.39 Å². The van der Waals surface area contributed by atoms with Gasteiger partial charge in [-0.05, 0) is 49.8 Å². The van der Waals surface area contributed by atoms with Gasteiger partial charge in [-0.25, -0.2) is 9.38 Å². The number of aliphatic imine (C=N–C) groups is 1. The van der Waals surface area contributed by atoms with Gasteiger partial charge in [-0.3, -0.25) is 0 Å². The molecule has 0 saturated heterocycles. The van der Waals surface area contributed by atoms with E-state index < -0.39 is 0 Å². The molecule has 1 aromatic rings. The summed E-state index contributed by atoms with van der Waals surface area (Å²) in [5.74, 6) is 0.282. The first-order valence-electron chi connectivity index (χ1n) is 9.44. The van der Waals surface area contributed by atoms with Crippen LogP contribution in [0.2, 0.25) is 0 Å². The minimum Gasteiger partial charge on any atom is -0.396 e. The van der Waals surface area contributed by atoms with E-state index in [4.69, 9.17) is 5.26 Å². The quantitative estimate of drug-likeness (QED) is 0.516. The van der Waals surface area contributed by atoms with Crippen LogP contribution in [0.15, 0.2) is 23.2 Å². The number of nitrogens with zero attached hydrogens (tertiary/aromatic N) is 2. The van der Waals surface area contributed by atoms with Crippen molar-refractivity contribution in [3.05, 3.63) is 35.1 Å². The number of aliphatic hydroxyl groups is 1. The zero-order valence-electron chi connectivity index (χ0n) is 15.5. The Hall–Kier alpha value is -2.13. The summed E-state index contributed by atoms with van der Waals surface area (Å²) in [7, 11) is 0. The Balaban J connectivity index is 2.05. The van der Waals surface area contributed by atoms with Gasteiger partial charge in [0.05, 0.1) is 18.2 Å². The van der Waals surface area contributed by atoms with Gasteiger partial charge in [-0.1, -0.05) is 19.3 Å². The summed E-state index contributed by atoms with van der Waals surface area (Å²) < 4.78 is 13.9. The van der Waals surface area contributed by atoms with Gasteiger partial charge in [-0.2, -0.15) is 5.26 Å². The maximum absolute atomic E-state index is 13.9. The van der Waals surface area contributed by atoms with Crippen LogP contribution < -0.4 is 10.6 Å². The molecule has 0 aliphatic heterocycles. The largest absolute Gasteiger partial charge is 0.396 e. The lowest BCUT2D eigenvalue weighted by Crippen LogP contribution is -2.45. The molecule has 1 fully saturated rings. The minimum atomic E-state index is -0.354. The lowest BCUT2D eigenvalue weighted by atomic mass is 9.72. The molecule has 5 nitrogen and oxygen atoms in total. The van der Waals surface area contributed by atoms with Gasteiger partial charge < -0.3 is 15.7 Å². The normalized spacial score (nSPS) is 16.8. The standard InChI is InChI=1S/C20H29FN4O/c1-2-23-19(24-14-17-12-16(13-22)6-7-18(17)21)25-15-20(10-11-26)8-4-3-5-9-20/h6-7,12,26H,2-5,8-11,14-15H2,1H3,(H2,23,24,25). The van der Waals surface area contributed by atoms with Crippen LogP contribution in [0.1, 0.15) is 56.6 Å². The lowest BCUT2D eigenvalue weighted by molar-refractivity contribution is 0.131. The Morgan fingerprint density at radius 2 is 2.08 bits per heavy atom. The molecular formula is C20H29FN4O. The van der Waals surface area contributed by atoms with Crippen molar-refractivity contribution in [3.8, 4) is 6.07 Å². The molecule has 2 rings (SSSR count). The van der Waals surface area contributed by atoms with Gasteiger partial charge in [0.15, 0.2) is 5.96 Å². The predicted molar refractivity (Wildman–Crippen MR) is 101 cm³/mol. The first-order valence-corrected chi connectivity index (χ1v) is 9.44. The van der Waals surface area contributed by atoms with Crippen LogP contribution in [0.3, 0.4) is 0 Å². The van der Waals surface area contributed by atoms with E-state index in [9.17, 15) is 9.50 Å². The van der Waals surface area contributed by atoms with E-state index in [1.54, 1.807) is 0 Å². The number of halogens is 1. The van der Waals surface area contributed by atoms with Crippen molar-refractivity contribution in [3.63, 3.8) is 0 Å². The van der Waals surface area contributed by atoms with Crippen LogP contribution in [0.25, 0.3) is 0 Å². The summed E-state index contributed by atoms with van der Waals surface area (Å²) in [6.07, 6.45) is 6.66. The van der Waals surface area contributed by atoms with Gasteiger partial charge in [0.25, 0.3) is 0 Å². The number of benzene rings is 1. The Kier molecular flexibility index (Phi) is 7.86. The van der Waals surface area contributed by atoms with Crippen LogP contribution in [0, 0.1) is 22.6 Å². The number of nitriles is 1. The first-order chi connectivity index (χ1) is 12.6. The second kappa shape index (κ2) is 10.1. The van der Waals surface area contributed by atoms with Crippen molar-refractivity contribution >= 4 is 5.96 Å². The van der Waals surface area contributed by atoms with Crippen molar-refractivity contribution in [2.75, 3.05) is 19.7 Å². The summed E-state index contributed by atoms with van der Waals surface area (Å²) in [5.41, 5.74) is 0.942. The summed E-state index contributed by atoms with van der Waals surface area (Å²) in [4.78, 5) is 4.48. The molecule has 0 aromatic heterocycles. The fourth-order valence-electron chi connectivity index (χ4n) is 3.60. The van der Waals surface area contributed by atoms with E-state index in [0.29, 0.717) is 23.6 Å². The average molecular weight is 360 g/mol. The van der Waals surface area contributed by atoms with Gasteiger partial charge in [0.1, 0.15) is 5.82 Å². The van der Waals surface area contributed by atoms with E-state index >= 15 is 0 Å². The van der Waals surface area contributed by atoms with Gasteiger partial charge in [0, 0.05) is 25.3 Å². The molecular weight excluding hydrogens is 331 g/mol. The second-order valence-electron chi connectivity index (χ2n) is 7.00. The number of nitrogens with one attached hydrogen (secondary N) is 2. The van der Waals surface area contributed by atoms with E-state index in [-0.39, 0.29) is 24.4 Å². The molecule has 0 spiro atoms. The average Bonchev–Trinajstić information content (AvgIpc) is 2.66. The maximum Gasteiger partial charge on any atom is 0.191 e. The number of rotatable bonds is 7. The number of aliphatic hydroxyl groups excluding tert-OH is 1. The Morgan fingerprint density at radius 3 is 2.73 bits per heavy atom. The molecule has 142 valence electrons. The monoisotopic (exact) mass is 360 g/mol. The maximum atomic E-state index is 13.9. The molecule has 0 amide bonds. The number of hydrogen-bond acceptors (Lipinski definition) is 3. The molecule has 1 saturated carbocycles. The highest BCUT2D eigenvalue weighted by Gasteiger charge is 2.31. The third-order valence-electron chi connectivity index (χ3n) is 5.11. The Labute approximate surface area is 155 Å². The van der Waals surface area contributed by atoms with Crippen molar-refractivity contribution in [1.29, 1.82) is 5.26 Å². The highest BCUT2D eigenvalue weighted by Crippen LogP contribution is 2.38. The highest BCUT2D eigenvalue weighted by atomic mass is 19.1. The molecule has 0 heterocycles. The third-order valence-corrected chi connectivity index (χ3v) is 5.11. The highest BCUT2D eigenvalue weighted by molar-refractivity contribution is 5.79. The van der Waals surface area contributed by atoms with Crippen molar-refractivity contribution in [1.82, 2.24) is 10.6 Å². The molecule has 1 aliphatic carbocycles. The van der Waals surface area contributed by atoms with Crippen molar-refractivity contribution < 1.29 is 9.50 Å². The zero-order chi connectivity index (χ0) is 18.8. The smallest absolute Gasteiger partial charge is 0.191 e. The number of guanidine groups is 1. The van der Waals surface area contributed by atoms with Crippen LogP contribution in [-0.4, -0.2) is 30.8 Å². The molecule has 0 atom stereocenters. The molecule has 1 aliphatic rings. The summed E-state index contributed by atoms with van der Waals surface area (Å²) in [5, 5.41) is 25.0. The summed E-state index contributed by atoms with van der Waals surface area (Å²) in [6.45, 7) is 3.81. The third kappa shape index (κ3) is 5.70. The lowest BCUT2D eigenvalue weighted by Gasteiger charge is -2.37. The fourth-order valence-corrected chi connectivity index (χ4v) is 3.60. The Morgan fingerprint density at radius 1 is 1.31 bits per heavy atom. The van der Waals surface area contributed by atoms with Crippen LogP contribution >= 0.6 is 0 Å². The molecule has 1 aromatic carbocycles. The molecule has 3 N–H and O–H groups in total. The fraction of sp³-hybridized carbons (Fsp3) is 0.600. The van der Waals surface area contributed by atoms with Crippen molar-refractivity contribution in [2.24, 2.45) is 10.4 Å². The zero-order valence-corrected chi connectivity index (χ0v) is 15.5.